The van der Waals surface area contributed by atoms with Gasteiger partial charge in [0.1, 0.15) is 5.82 Å². The molecule has 144 valence electrons. The van der Waals surface area contributed by atoms with Crippen LogP contribution in [0.15, 0.2) is 0 Å². The smallest absolute Gasteiger partial charge is 0.291 e. The Hall–Kier alpha value is -1.83. The average Bonchev–Trinajstić information content (AvgIpc) is 3.03. The Morgan fingerprint density at radius 1 is 1.15 bits per heavy atom. The van der Waals surface area contributed by atoms with E-state index in [4.69, 9.17) is 0 Å². The highest BCUT2D eigenvalue weighted by Gasteiger charge is 2.48. The van der Waals surface area contributed by atoms with Gasteiger partial charge in [-0.2, -0.15) is 0 Å². The van der Waals surface area contributed by atoms with E-state index in [1.54, 1.807) is 7.05 Å². The van der Waals surface area contributed by atoms with Gasteiger partial charge >= 0.3 is 0 Å². The summed E-state index contributed by atoms with van der Waals surface area (Å²) in [5.74, 6) is -2.18. The van der Waals surface area contributed by atoms with Crippen LogP contribution in [0.2, 0.25) is 0 Å². The Bertz CT molecular complexity index is 701. The first-order chi connectivity index (χ1) is 12.1. The maximum atomic E-state index is 13.1. The Labute approximate surface area is 153 Å². The third-order valence-corrected chi connectivity index (χ3v) is 5.68. The van der Waals surface area contributed by atoms with Gasteiger partial charge in [0.2, 0.25) is 5.82 Å². The van der Waals surface area contributed by atoms with Gasteiger partial charge in [-0.25, -0.2) is 18.7 Å². The van der Waals surface area contributed by atoms with Crippen LogP contribution in [0, 0.1) is 13.8 Å². The molecule has 0 unspecified atom stereocenters. The van der Waals surface area contributed by atoms with E-state index < -0.39 is 17.9 Å². The summed E-state index contributed by atoms with van der Waals surface area (Å²) in [4.78, 5) is 27.3. The lowest BCUT2D eigenvalue weighted by atomic mass is 9.87. The van der Waals surface area contributed by atoms with Crippen molar-refractivity contribution in [2.45, 2.75) is 51.1 Å². The second-order valence-electron chi connectivity index (χ2n) is 7.77. The summed E-state index contributed by atoms with van der Waals surface area (Å²) in [7, 11) is 5.67. The highest BCUT2D eigenvalue weighted by molar-refractivity contribution is 5.91. The molecule has 0 radical (unpaired) electrons. The number of alkyl halides is 2. The molecule has 1 saturated heterocycles. The van der Waals surface area contributed by atoms with Gasteiger partial charge in [0.15, 0.2) is 0 Å². The fourth-order valence-electron chi connectivity index (χ4n) is 3.60. The third-order valence-electron chi connectivity index (χ3n) is 5.68. The number of amides is 1. The zero-order chi connectivity index (χ0) is 19.2. The number of hydrogen-bond acceptors (Lipinski definition) is 5. The average molecular weight is 367 g/mol. The van der Waals surface area contributed by atoms with Gasteiger partial charge in [0, 0.05) is 56.3 Å². The van der Waals surface area contributed by atoms with Crippen molar-refractivity contribution < 1.29 is 13.6 Å². The number of halogens is 2. The van der Waals surface area contributed by atoms with Crippen molar-refractivity contribution in [1.29, 1.82) is 0 Å². The van der Waals surface area contributed by atoms with E-state index in [1.165, 1.54) is 4.90 Å². The summed E-state index contributed by atoms with van der Waals surface area (Å²) >= 11 is 0. The SMILES string of the molecule is Cc1nc(C(=O)N(C)C2CC(F)(F)C2)nc(N2CC[C@@H](N(C)C)C2)c1C. The quantitative estimate of drug-likeness (QED) is 0.816. The molecule has 1 aliphatic heterocycles. The summed E-state index contributed by atoms with van der Waals surface area (Å²) < 4.78 is 26.2. The molecule has 2 fully saturated rings. The van der Waals surface area contributed by atoms with Gasteiger partial charge in [0.25, 0.3) is 11.8 Å². The van der Waals surface area contributed by atoms with Crippen molar-refractivity contribution in [3.05, 3.63) is 17.1 Å². The molecule has 0 N–H and O–H groups in total. The second kappa shape index (κ2) is 6.72. The number of likely N-dealkylation sites (N-methyl/N-ethyl adjacent to an activating group) is 1. The van der Waals surface area contributed by atoms with E-state index in [0.717, 1.165) is 36.6 Å². The lowest BCUT2D eigenvalue weighted by Gasteiger charge is -2.40. The number of rotatable bonds is 4. The molecule has 1 atom stereocenters. The summed E-state index contributed by atoms with van der Waals surface area (Å²) in [6.07, 6.45) is 0.461. The zero-order valence-electron chi connectivity index (χ0n) is 16.1. The molecule has 3 rings (SSSR count). The molecule has 26 heavy (non-hydrogen) atoms. The number of anilines is 1. The van der Waals surface area contributed by atoms with Crippen molar-refractivity contribution in [1.82, 2.24) is 19.8 Å². The van der Waals surface area contributed by atoms with Crippen molar-refractivity contribution in [3.8, 4) is 0 Å². The summed E-state index contributed by atoms with van der Waals surface area (Å²) in [5.41, 5.74) is 1.71. The van der Waals surface area contributed by atoms with E-state index >= 15 is 0 Å². The Morgan fingerprint density at radius 3 is 2.35 bits per heavy atom. The maximum Gasteiger partial charge on any atom is 0.291 e. The molecular formula is C18H27F2N5O. The third kappa shape index (κ3) is 3.51. The molecule has 1 saturated carbocycles. The van der Waals surface area contributed by atoms with Crippen molar-refractivity contribution in [2.24, 2.45) is 0 Å². The van der Waals surface area contributed by atoms with Crippen molar-refractivity contribution in [2.75, 3.05) is 39.1 Å². The number of nitrogens with zero attached hydrogens (tertiary/aromatic N) is 5. The largest absolute Gasteiger partial charge is 0.355 e. The van der Waals surface area contributed by atoms with E-state index in [0.29, 0.717) is 6.04 Å². The van der Waals surface area contributed by atoms with Gasteiger partial charge < -0.3 is 14.7 Å². The fraction of sp³-hybridized carbons (Fsp3) is 0.722. The van der Waals surface area contributed by atoms with Gasteiger partial charge in [-0.15, -0.1) is 0 Å². The van der Waals surface area contributed by atoms with Gasteiger partial charge in [-0.3, -0.25) is 4.79 Å². The molecule has 1 aromatic heterocycles. The van der Waals surface area contributed by atoms with E-state index in [2.05, 4.69) is 33.9 Å². The predicted octanol–water partition coefficient (Wildman–Crippen LogP) is 2.10. The van der Waals surface area contributed by atoms with Crippen LogP contribution in [0.3, 0.4) is 0 Å². The van der Waals surface area contributed by atoms with Crippen LogP contribution in [0.4, 0.5) is 14.6 Å². The number of carbonyl (C=O) groups excluding carboxylic acids is 1. The molecule has 8 heteroatoms. The van der Waals surface area contributed by atoms with Gasteiger partial charge in [0.05, 0.1) is 0 Å². The zero-order valence-corrected chi connectivity index (χ0v) is 16.1. The first-order valence-corrected chi connectivity index (χ1v) is 9.00. The maximum absolute atomic E-state index is 13.1. The topological polar surface area (TPSA) is 52.6 Å². The molecular weight excluding hydrogens is 340 g/mol. The van der Waals surface area contributed by atoms with E-state index in [9.17, 15) is 13.6 Å². The summed E-state index contributed by atoms with van der Waals surface area (Å²) in [6, 6.07) is -0.000211. The molecule has 6 nitrogen and oxygen atoms in total. The molecule has 1 amide bonds. The number of aromatic nitrogens is 2. The second-order valence-corrected chi connectivity index (χ2v) is 7.77. The Morgan fingerprint density at radius 2 is 1.81 bits per heavy atom. The van der Waals surface area contributed by atoms with Crippen molar-refractivity contribution >= 4 is 11.7 Å². The standard InChI is InChI=1S/C18H27F2N5O/c1-11-12(2)21-15(17(26)24(5)14-8-18(19,20)9-14)22-16(11)25-7-6-13(10-25)23(3)4/h13-14H,6-10H2,1-5H3/t13-/m1/s1. The predicted molar refractivity (Wildman–Crippen MR) is 95.9 cm³/mol. The molecule has 0 bridgehead atoms. The molecule has 0 spiro atoms. The first kappa shape index (κ1) is 18.9. The number of carbonyl (C=O) groups is 1. The Balaban J connectivity index is 1.81. The minimum Gasteiger partial charge on any atom is -0.355 e. The highest BCUT2D eigenvalue weighted by Crippen LogP contribution is 2.40. The minimum absolute atomic E-state index is 0.0918. The minimum atomic E-state index is -2.66. The van der Waals surface area contributed by atoms with Crippen molar-refractivity contribution in [3.63, 3.8) is 0 Å². The number of hydrogen-bond donors (Lipinski definition) is 0. The molecule has 2 aliphatic rings. The monoisotopic (exact) mass is 367 g/mol. The highest BCUT2D eigenvalue weighted by atomic mass is 19.3. The van der Waals surface area contributed by atoms with Crippen LogP contribution in [0.1, 0.15) is 41.1 Å². The van der Waals surface area contributed by atoms with Gasteiger partial charge in [-0.1, -0.05) is 0 Å². The lowest BCUT2D eigenvalue weighted by molar-refractivity contribution is -0.112. The number of aryl methyl sites for hydroxylation is 1. The van der Waals surface area contributed by atoms with Crippen LogP contribution in [-0.4, -0.2) is 77.9 Å². The first-order valence-electron chi connectivity index (χ1n) is 9.00. The molecule has 2 heterocycles. The molecule has 0 aromatic carbocycles. The van der Waals surface area contributed by atoms with Crippen LogP contribution < -0.4 is 4.90 Å². The summed E-state index contributed by atoms with van der Waals surface area (Å²) in [5, 5.41) is 0. The molecule has 1 aromatic rings. The van der Waals surface area contributed by atoms with Gasteiger partial charge in [-0.05, 0) is 34.4 Å². The van der Waals surface area contributed by atoms with Crippen LogP contribution in [0.5, 0.6) is 0 Å². The summed E-state index contributed by atoms with van der Waals surface area (Å²) in [6.45, 7) is 5.54. The Kier molecular flexibility index (Phi) is 4.90. The molecule has 1 aliphatic carbocycles. The van der Waals surface area contributed by atoms with Crippen LogP contribution in [-0.2, 0) is 0 Å². The normalized spacial score (nSPS) is 22.6. The van der Waals surface area contributed by atoms with Crippen LogP contribution in [0.25, 0.3) is 0 Å². The fourth-order valence-corrected chi connectivity index (χ4v) is 3.60. The van der Waals surface area contributed by atoms with E-state index in [-0.39, 0.29) is 18.7 Å². The van der Waals surface area contributed by atoms with E-state index in [1.807, 2.05) is 13.8 Å². The lowest BCUT2D eigenvalue weighted by Crippen LogP contribution is -2.51. The van der Waals surface area contributed by atoms with Crippen LogP contribution >= 0.6 is 0 Å².